The lowest BCUT2D eigenvalue weighted by molar-refractivity contribution is -0.141. The van der Waals surface area contributed by atoms with Gasteiger partial charge < -0.3 is 14.4 Å². The van der Waals surface area contributed by atoms with Crippen molar-refractivity contribution in [1.82, 2.24) is 4.90 Å². The highest BCUT2D eigenvalue weighted by molar-refractivity contribution is 5.98. The van der Waals surface area contributed by atoms with Crippen molar-refractivity contribution in [2.75, 3.05) is 0 Å². The second kappa shape index (κ2) is 4.96. The van der Waals surface area contributed by atoms with Crippen molar-refractivity contribution in [3.63, 3.8) is 0 Å². The predicted molar refractivity (Wildman–Crippen MR) is 71.4 cm³/mol. The molecule has 108 valence electrons. The molecule has 2 heterocycles. The van der Waals surface area contributed by atoms with Crippen molar-refractivity contribution in [2.24, 2.45) is 5.92 Å². The first-order valence-corrected chi connectivity index (χ1v) is 7.19. The fraction of sp³-hybridized carbons (Fsp3) is 0.600. The van der Waals surface area contributed by atoms with Gasteiger partial charge in [0.2, 0.25) is 0 Å². The Bertz CT molecular complexity index is 536. The highest BCUT2D eigenvalue weighted by Gasteiger charge is 2.48. The van der Waals surface area contributed by atoms with Crippen molar-refractivity contribution >= 4 is 11.9 Å². The van der Waals surface area contributed by atoms with Crippen molar-refractivity contribution < 1.29 is 19.1 Å². The zero-order valence-corrected chi connectivity index (χ0v) is 11.5. The number of furan rings is 1. The Labute approximate surface area is 117 Å². The van der Waals surface area contributed by atoms with Crippen molar-refractivity contribution in [3.8, 4) is 0 Å². The maximum Gasteiger partial charge on any atom is 0.326 e. The molecule has 2 fully saturated rings. The molecule has 1 aromatic rings. The van der Waals surface area contributed by atoms with Gasteiger partial charge in [-0.05, 0) is 38.2 Å². The summed E-state index contributed by atoms with van der Waals surface area (Å²) in [6.07, 6.45) is 6.22. The molecule has 1 aliphatic carbocycles. The molecule has 1 amide bonds. The number of aryl methyl sites for hydroxylation is 1. The molecule has 0 unspecified atom stereocenters. The lowest BCUT2D eigenvalue weighted by Crippen LogP contribution is -2.46. The molecule has 1 N–H and O–H groups in total. The highest BCUT2D eigenvalue weighted by atomic mass is 16.4. The van der Waals surface area contributed by atoms with Crippen LogP contribution in [0.2, 0.25) is 0 Å². The Morgan fingerprint density at radius 2 is 2.10 bits per heavy atom. The molecule has 0 spiro atoms. The molecular formula is C15H19NO4. The quantitative estimate of drug-likeness (QED) is 0.901. The maximum atomic E-state index is 12.7. The first kappa shape index (κ1) is 13.2. The van der Waals surface area contributed by atoms with E-state index in [0.717, 1.165) is 25.7 Å². The summed E-state index contributed by atoms with van der Waals surface area (Å²) in [5.41, 5.74) is 0.488. The summed E-state index contributed by atoms with van der Waals surface area (Å²) in [4.78, 5) is 25.8. The molecule has 5 heteroatoms. The third kappa shape index (κ3) is 2.01. The van der Waals surface area contributed by atoms with Crippen LogP contribution in [0.25, 0.3) is 0 Å². The predicted octanol–water partition coefficient (Wildman–Crippen LogP) is 2.45. The van der Waals surface area contributed by atoms with Crippen molar-refractivity contribution in [3.05, 3.63) is 23.7 Å². The summed E-state index contributed by atoms with van der Waals surface area (Å²) >= 11 is 0. The van der Waals surface area contributed by atoms with E-state index < -0.39 is 12.0 Å². The number of carbonyl (C=O) groups is 2. The largest absolute Gasteiger partial charge is 0.480 e. The zero-order valence-electron chi connectivity index (χ0n) is 11.5. The van der Waals surface area contributed by atoms with Gasteiger partial charge in [0.15, 0.2) is 0 Å². The normalized spacial score (nSPS) is 29.2. The van der Waals surface area contributed by atoms with Gasteiger partial charge in [0.1, 0.15) is 11.8 Å². The Hall–Kier alpha value is -1.78. The summed E-state index contributed by atoms with van der Waals surface area (Å²) in [6, 6.07) is 1.02. The Morgan fingerprint density at radius 1 is 1.35 bits per heavy atom. The van der Waals surface area contributed by atoms with Crippen LogP contribution in [-0.2, 0) is 4.79 Å². The maximum absolute atomic E-state index is 12.7. The minimum Gasteiger partial charge on any atom is -0.480 e. The lowest BCUT2D eigenvalue weighted by atomic mass is 9.84. The number of fused-ring (bicyclic) bond motifs is 1. The molecule has 0 radical (unpaired) electrons. The van der Waals surface area contributed by atoms with Crippen LogP contribution in [0.15, 0.2) is 16.7 Å². The molecule has 1 saturated carbocycles. The Kier molecular flexibility index (Phi) is 3.28. The monoisotopic (exact) mass is 277 g/mol. The van der Waals surface area contributed by atoms with Crippen LogP contribution in [0.4, 0.5) is 0 Å². The van der Waals surface area contributed by atoms with E-state index in [0.29, 0.717) is 23.7 Å². The Morgan fingerprint density at radius 3 is 2.75 bits per heavy atom. The standard InChI is InChI=1S/C15H19NO4/c1-9-11(6-7-20-9)14(17)16-12-5-3-2-4-10(12)8-13(16)15(18)19/h6-7,10,12-13H,2-5,8H2,1H3,(H,18,19)/t10-,12-,13+/m1/s1. The fourth-order valence-electron chi connectivity index (χ4n) is 3.72. The average Bonchev–Trinajstić information content (AvgIpc) is 3.01. The van der Waals surface area contributed by atoms with Crippen LogP contribution in [0.3, 0.4) is 0 Å². The van der Waals surface area contributed by atoms with E-state index in [-0.39, 0.29) is 11.9 Å². The fourth-order valence-corrected chi connectivity index (χ4v) is 3.72. The summed E-state index contributed by atoms with van der Waals surface area (Å²) in [5.74, 6) is -0.202. The van der Waals surface area contributed by atoms with Crippen LogP contribution >= 0.6 is 0 Å². The number of hydrogen-bond donors (Lipinski definition) is 1. The van der Waals surface area contributed by atoms with Gasteiger partial charge in [-0.1, -0.05) is 12.8 Å². The molecule has 0 bridgehead atoms. The molecule has 1 saturated heterocycles. The van der Waals surface area contributed by atoms with E-state index >= 15 is 0 Å². The minimum atomic E-state index is -0.895. The van der Waals surface area contributed by atoms with Gasteiger partial charge >= 0.3 is 5.97 Å². The third-order valence-electron chi connectivity index (χ3n) is 4.70. The van der Waals surface area contributed by atoms with Crippen LogP contribution in [0.5, 0.6) is 0 Å². The molecule has 5 nitrogen and oxygen atoms in total. The van der Waals surface area contributed by atoms with Gasteiger partial charge in [-0.25, -0.2) is 4.79 Å². The molecule has 1 aromatic heterocycles. The van der Waals surface area contributed by atoms with Gasteiger partial charge in [0.05, 0.1) is 11.8 Å². The van der Waals surface area contributed by atoms with Crippen molar-refractivity contribution in [2.45, 2.75) is 51.1 Å². The van der Waals surface area contributed by atoms with E-state index in [1.807, 2.05) is 0 Å². The van der Waals surface area contributed by atoms with E-state index in [4.69, 9.17) is 4.42 Å². The van der Waals surface area contributed by atoms with Gasteiger partial charge in [-0.2, -0.15) is 0 Å². The van der Waals surface area contributed by atoms with Crippen LogP contribution in [0.1, 0.15) is 48.2 Å². The number of amides is 1. The first-order valence-electron chi connectivity index (χ1n) is 7.19. The summed E-state index contributed by atoms with van der Waals surface area (Å²) in [5, 5.41) is 9.43. The smallest absolute Gasteiger partial charge is 0.326 e. The number of rotatable bonds is 2. The first-order chi connectivity index (χ1) is 9.59. The number of carboxylic acids is 1. The molecule has 1 aliphatic heterocycles. The number of carboxylic acid groups (broad SMARTS) is 1. The topological polar surface area (TPSA) is 70.8 Å². The van der Waals surface area contributed by atoms with E-state index in [1.54, 1.807) is 17.9 Å². The number of carbonyl (C=O) groups excluding carboxylic acids is 1. The van der Waals surface area contributed by atoms with Gasteiger partial charge in [-0.15, -0.1) is 0 Å². The van der Waals surface area contributed by atoms with Crippen LogP contribution < -0.4 is 0 Å². The highest BCUT2D eigenvalue weighted by Crippen LogP contribution is 2.40. The molecule has 3 atom stereocenters. The summed E-state index contributed by atoms with van der Waals surface area (Å²) in [6.45, 7) is 1.73. The van der Waals surface area contributed by atoms with E-state index in [9.17, 15) is 14.7 Å². The summed E-state index contributed by atoms with van der Waals surface area (Å²) in [7, 11) is 0. The van der Waals surface area contributed by atoms with E-state index in [2.05, 4.69) is 0 Å². The third-order valence-corrected chi connectivity index (χ3v) is 4.70. The zero-order chi connectivity index (χ0) is 14.3. The molecule has 3 rings (SSSR count). The second-order valence-electron chi connectivity index (χ2n) is 5.80. The SMILES string of the molecule is Cc1occc1C(=O)N1[C@@H]2CCCC[C@@H]2C[C@H]1C(=O)O. The second-order valence-corrected chi connectivity index (χ2v) is 5.80. The molecule has 0 aromatic carbocycles. The van der Waals surface area contributed by atoms with Crippen LogP contribution in [0, 0.1) is 12.8 Å². The van der Waals surface area contributed by atoms with Crippen LogP contribution in [-0.4, -0.2) is 34.0 Å². The van der Waals surface area contributed by atoms with Gasteiger partial charge in [0.25, 0.3) is 5.91 Å². The van der Waals surface area contributed by atoms with Crippen molar-refractivity contribution in [1.29, 1.82) is 0 Å². The van der Waals surface area contributed by atoms with Gasteiger partial charge in [0, 0.05) is 6.04 Å². The molecule has 2 aliphatic rings. The number of hydrogen-bond acceptors (Lipinski definition) is 3. The lowest BCUT2D eigenvalue weighted by Gasteiger charge is -2.32. The summed E-state index contributed by atoms with van der Waals surface area (Å²) < 4.78 is 5.18. The molecule has 20 heavy (non-hydrogen) atoms. The Balaban J connectivity index is 1.93. The minimum absolute atomic E-state index is 0.0756. The molecular weight excluding hydrogens is 258 g/mol. The number of nitrogens with zero attached hydrogens (tertiary/aromatic N) is 1. The average molecular weight is 277 g/mol. The number of likely N-dealkylation sites (tertiary alicyclic amines) is 1. The van der Waals surface area contributed by atoms with E-state index in [1.165, 1.54) is 6.26 Å². The van der Waals surface area contributed by atoms with Gasteiger partial charge in [-0.3, -0.25) is 4.79 Å². The number of aliphatic carboxylic acids is 1.